The molecule has 4 aromatic rings. The summed E-state index contributed by atoms with van der Waals surface area (Å²) in [6.07, 6.45) is 2.79. The summed E-state index contributed by atoms with van der Waals surface area (Å²) in [5.41, 5.74) is 3.21. The molecule has 0 bridgehead atoms. The molecule has 0 radical (unpaired) electrons. The second-order valence-electron chi connectivity index (χ2n) is 8.65. The minimum absolute atomic E-state index is 0.0166. The standard InChI is InChI=1S/C29H26O2/c1-19(2)31-29(30)27-16-15-26(24-13-11-20-7-3-5-9-22(20)17-24)28(27)25-14-12-21-8-4-6-10-23(21)18-25/h3-14,16-19,26,28H,15H2,1-2H3/t26-,28+/m0/s1. The van der Waals surface area contributed by atoms with Gasteiger partial charge in [-0.1, -0.05) is 91.0 Å². The second kappa shape index (κ2) is 8.03. The van der Waals surface area contributed by atoms with Crippen molar-refractivity contribution in [3.8, 4) is 0 Å². The van der Waals surface area contributed by atoms with E-state index in [9.17, 15) is 4.79 Å². The molecule has 0 saturated heterocycles. The minimum atomic E-state index is -0.198. The van der Waals surface area contributed by atoms with Crippen molar-refractivity contribution < 1.29 is 9.53 Å². The number of esters is 1. The Morgan fingerprint density at radius 2 is 1.32 bits per heavy atom. The lowest BCUT2D eigenvalue weighted by atomic mass is 9.79. The maximum Gasteiger partial charge on any atom is 0.334 e. The highest BCUT2D eigenvalue weighted by molar-refractivity contribution is 5.92. The van der Waals surface area contributed by atoms with Gasteiger partial charge >= 0.3 is 5.97 Å². The van der Waals surface area contributed by atoms with Crippen LogP contribution in [0.25, 0.3) is 21.5 Å². The molecular weight excluding hydrogens is 380 g/mol. The van der Waals surface area contributed by atoms with E-state index < -0.39 is 0 Å². The molecule has 31 heavy (non-hydrogen) atoms. The van der Waals surface area contributed by atoms with Gasteiger partial charge < -0.3 is 4.74 Å². The molecule has 0 amide bonds. The van der Waals surface area contributed by atoms with Gasteiger partial charge in [-0.15, -0.1) is 0 Å². The van der Waals surface area contributed by atoms with Crippen LogP contribution >= 0.6 is 0 Å². The van der Waals surface area contributed by atoms with Crippen molar-refractivity contribution >= 4 is 27.5 Å². The average Bonchev–Trinajstić information content (AvgIpc) is 3.23. The largest absolute Gasteiger partial charge is 0.460 e. The molecule has 0 heterocycles. The third kappa shape index (κ3) is 3.74. The molecule has 2 nitrogen and oxygen atoms in total. The monoisotopic (exact) mass is 406 g/mol. The quantitative estimate of drug-likeness (QED) is 0.337. The van der Waals surface area contributed by atoms with Gasteiger partial charge in [-0.3, -0.25) is 0 Å². The molecule has 2 heteroatoms. The molecule has 1 aliphatic rings. The molecule has 5 rings (SSSR count). The first-order valence-electron chi connectivity index (χ1n) is 11.0. The molecule has 1 aliphatic carbocycles. The zero-order valence-electron chi connectivity index (χ0n) is 17.9. The lowest BCUT2D eigenvalue weighted by molar-refractivity contribution is -0.142. The Bertz CT molecular complexity index is 1300. The third-order valence-electron chi connectivity index (χ3n) is 6.24. The highest BCUT2D eigenvalue weighted by atomic mass is 16.5. The molecule has 0 unspecified atom stereocenters. The van der Waals surface area contributed by atoms with Gasteiger partial charge in [0.05, 0.1) is 6.10 Å². The van der Waals surface area contributed by atoms with Crippen LogP contribution in [-0.4, -0.2) is 12.1 Å². The van der Waals surface area contributed by atoms with E-state index in [1.54, 1.807) is 0 Å². The van der Waals surface area contributed by atoms with Crippen LogP contribution in [0.4, 0.5) is 0 Å². The fourth-order valence-corrected chi connectivity index (χ4v) is 4.81. The first-order chi connectivity index (χ1) is 15.1. The van der Waals surface area contributed by atoms with Crippen LogP contribution in [0, 0.1) is 0 Å². The van der Waals surface area contributed by atoms with E-state index >= 15 is 0 Å². The van der Waals surface area contributed by atoms with Crippen LogP contribution in [0.3, 0.4) is 0 Å². The predicted octanol–water partition coefficient (Wildman–Crippen LogP) is 7.14. The van der Waals surface area contributed by atoms with Crippen molar-refractivity contribution in [3.05, 3.63) is 108 Å². The highest BCUT2D eigenvalue weighted by Gasteiger charge is 2.36. The van der Waals surface area contributed by atoms with E-state index in [2.05, 4.69) is 91.0 Å². The maximum absolute atomic E-state index is 13.0. The van der Waals surface area contributed by atoms with E-state index in [1.807, 2.05) is 13.8 Å². The number of ether oxygens (including phenoxy) is 1. The zero-order valence-corrected chi connectivity index (χ0v) is 17.9. The third-order valence-corrected chi connectivity index (χ3v) is 6.24. The summed E-state index contributed by atoms with van der Waals surface area (Å²) in [6.45, 7) is 3.80. The number of hydrogen-bond acceptors (Lipinski definition) is 2. The summed E-state index contributed by atoms with van der Waals surface area (Å²) in [5, 5.41) is 4.87. The van der Waals surface area contributed by atoms with Crippen LogP contribution < -0.4 is 0 Å². The molecule has 0 spiro atoms. The fraction of sp³-hybridized carbons (Fsp3) is 0.207. The van der Waals surface area contributed by atoms with E-state index in [0.717, 1.165) is 12.0 Å². The predicted molar refractivity (Wildman–Crippen MR) is 127 cm³/mol. The normalized spacial score (nSPS) is 18.5. The molecule has 0 aliphatic heterocycles. The van der Waals surface area contributed by atoms with E-state index in [-0.39, 0.29) is 23.9 Å². The van der Waals surface area contributed by atoms with Gasteiger partial charge in [0.1, 0.15) is 0 Å². The Kier molecular flexibility index (Phi) is 5.07. The van der Waals surface area contributed by atoms with Crippen molar-refractivity contribution in [1.82, 2.24) is 0 Å². The van der Waals surface area contributed by atoms with Gasteiger partial charge in [-0.25, -0.2) is 4.79 Å². The number of rotatable bonds is 4. The number of fused-ring (bicyclic) bond motifs is 2. The van der Waals surface area contributed by atoms with Gasteiger partial charge in [-0.05, 0) is 58.9 Å². The first kappa shape index (κ1) is 19.6. The highest BCUT2D eigenvalue weighted by Crippen LogP contribution is 2.47. The van der Waals surface area contributed by atoms with Crippen LogP contribution in [0.2, 0.25) is 0 Å². The lowest BCUT2D eigenvalue weighted by Gasteiger charge is -2.24. The Balaban J connectivity index is 1.60. The van der Waals surface area contributed by atoms with Crippen molar-refractivity contribution in [3.63, 3.8) is 0 Å². The summed E-state index contributed by atoms with van der Waals surface area (Å²) in [4.78, 5) is 13.0. The summed E-state index contributed by atoms with van der Waals surface area (Å²) in [6, 6.07) is 30.0. The fourth-order valence-electron chi connectivity index (χ4n) is 4.81. The average molecular weight is 407 g/mol. The summed E-state index contributed by atoms with van der Waals surface area (Å²) >= 11 is 0. The van der Waals surface area contributed by atoms with Crippen molar-refractivity contribution in [2.24, 2.45) is 0 Å². The number of carbonyl (C=O) groups is 1. The number of benzene rings is 4. The molecule has 2 atom stereocenters. The van der Waals surface area contributed by atoms with Gasteiger partial charge in [0.25, 0.3) is 0 Å². The Morgan fingerprint density at radius 1 is 0.774 bits per heavy atom. The van der Waals surface area contributed by atoms with Gasteiger partial charge in [0, 0.05) is 11.5 Å². The molecule has 4 aromatic carbocycles. The van der Waals surface area contributed by atoms with Gasteiger partial charge in [0.15, 0.2) is 0 Å². The first-order valence-corrected chi connectivity index (χ1v) is 11.0. The number of allylic oxidation sites excluding steroid dienone is 1. The van der Waals surface area contributed by atoms with Crippen LogP contribution in [-0.2, 0) is 9.53 Å². The van der Waals surface area contributed by atoms with Crippen LogP contribution in [0.15, 0.2) is 96.6 Å². The number of carbonyl (C=O) groups excluding carboxylic acids is 1. The zero-order chi connectivity index (χ0) is 21.4. The van der Waals surface area contributed by atoms with Crippen LogP contribution in [0.5, 0.6) is 0 Å². The van der Waals surface area contributed by atoms with Crippen molar-refractivity contribution in [1.29, 1.82) is 0 Å². The Morgan fingerprint density at radius 3 is 1.94 bits per heavy atom. The van der Waals surface area contributed by atoms with E-state index in [1.165, 1.54) is 32.7 Å². The van der Waals surface area contributed by atoms with Crippen molar-refractivity contribution in [2.75, 3.05) is 0 Å². The lowest BCUT2D eigenvalue weighted by Crippen LogP contribution is -2.19. The number of hydrogen-bond donors (Lipinski definition) is 0. The Hall–Kier alpha value is -3.39. The molecular formula is C29H26O2. The second-order valence-corrected chi connectivity index (χ2v) is 8.65. The Labute approximate surface area is 183 Å². The summed E-state index contributed by atoms with van der Waals surface area (Å²) in [7, 11) is 0. The van der Waals surface area contributed by atoms with E-state index in [0.29, 0.717) is 0 Å². The smallest absolute Gasteiger partial charge is 0.334 e. The molecule has 0 saturated carbocycles. The van der Waals surface area contributed by atoms with Gasteiger partial charge in [-0.2, -0.15) is 0 Å². The SMILES string of the molecule is CC(C)OC(=O)C1=CC[C@@H](c2ccc3ccccc3c2)[C@H]1c1ccc2ccccc2c1. The molecule has 0 aromatic heterocycles. The molecule has 0 fully saturated rings. The topological polar surface area (TPSA) is 26.3 Å². The van der Waals surface area contributed by atoms with Gasteiger partial charge in [0.2, 0.25) is 0 Å². The maximum atomic E-state index is 13.0. The van der Waals surface area contributed by atoms with E-state index in [4.69, 9.17) is 4.74 Å². The summed E-state index contributed by atoms with van der Waals surface area (Å²) in [5.74, 6) is -0.00560. The minimum Gasteiger partial charge on any atom is -0.460 e. The van der Waals surface area contributed by atoms with Crippen LogP contribution in [0.1, 0.15) is 43.2 Å². The summed E-state index contributed by atoms with van der Waals surface area (Å²) < 4.78 is 5.62. The molecule has 154 valence electrons. The van der Waals surface area contributed by atoms with Crippen molar-refractivity contribution in [2.45, 2.75) is 38.2 Å². The molecule has 0 N–H and O–H groups in total.